The minimum Gasteiger partial charge on any atom is -0.330 e. The third-order valence-corrected chi connectivity index (χ3v) is 4.48. The Balaban J connectivity index is 2.48. The minimum absolute atomic E-state index is 0.197. The van der Waals surface area contributed by atoms with Gasteiger partial charge in [-0.15, -0.1) is 0 Å². The van der Waals surface area contributed by atoms with Gasteiger partial charge in [0, 0.05) is 0 Å². The largest absolute Gasteiger partial charge is 0.330 e. The van der Waals surface area contributed by atoms with Crippen LogP contribution >= 0.6 is 0 Å². The monoisotopic (exact) mass is 267 g/mol. The van der Waals surface area contributed by atoms with E-state index in [0.717, 1.165) is 18.4 Å². The molecule has 0 radical (unpaired) electrons. The van der Waals surface area contributed by atoms with Gasteiger partial charge in [0.2, 0.25) is 0 Å². The van der Waals surface area contributed by atoms with Gasteiger partial charge >= 0.3 is 0 Å². The molecule has 0 aromatic heterocycles. The van der Waals surface area contributed by atoms with Crippen LogP contribution in [0.25, 0.3) is 0 Å². The van der Waals surface area contributed by atoms with E-state index in [0.29, 0.717) is 17.9 Å². The second kappa shape index (κ2) is 7.34. The summed E-state index contributed by atoms with van der Waals surface area (Å²) in [6, 6.07) is 7.01. The van der Waals surface area contributed by atoms with E-state index >= 15 is 0 Å². The van der Waals surface area contributed by atoms with E-state index in [2.05, 4.69) is 0 Å². The highest BCUT2D eigenvalue weighted by Gasteiger charge is 2.12. The number of nitrogens with two attached hydrogens (primary N) is 1. The average molecular weight is 267 g/mol. The Morgan fingerprint density at radius 2 is 1.72 bits per heavy atom. The molecule has 1 aromatic rings. The molecule has 0 fully saturated rings. The SMILES string of the molecule is Cc1ccc(S(=O)(=O)CCC/C=C\CCN)cc1. The van der Waals surface area contributed by atoms with Crippen LogP contribution in [0.15, 0.2) is 41.3 Å². The van der Waals surface area contributed by atoms with Crippen molar-refractivity contribution in [2.45, 2.75) is 31.1 Å². The van der Waals surface area contributed by atoms with Crippen LogP contribution in [0.2, 0.25) is 0 Å². The van der Waals surface area contributed by atoms with E-state index in [1.165, 1.54) is 0 Å². The van der Waals surface area contributed by atoms with Crippen molar-refractivity contribution in [2.24, 2.45) is 5.73 Å². The van der Waals surface area contributed by atoms with Gasteiger partial charge in [-0.3, -0.25) is 0 Å². The van der Waals surface area contributed by atoms with E-state index in [1.54, 1.807) is 12.1 Å². The molecule has 0 bridgehead atoms. The molecule has 0 amide bonds. The standard InChI is InChI=1S/C14H21NO2S/c1-13-7-9-14(10-8-13)18(16,17)12-6-4-2-3-5-11-15/h2-3,7-10H,4-6,11-12,15H2,1H3/b3-2-. The Morgan fingerprint density at radius 3 is 2.33 bits per heavy atom. The molecular formula is C14H21NO2S. The third kappa shape index (κ3) is 5.02. The van der Waals surface area contributed by atoms with Gasteiger partial charge in [0.1, 0.15) is 0 Å². The molecule has 0 atom stereocenters. The van der Waals surface area contributed by atoms with Gasteiger partial charge in [0.15, 0.2) is 9.84 Å². The lowest BCUT2D eigenvalue weighted by Gasteiger charge is -2.03. The molecule has 0 saturated heterocycles. The summed E-state index contributed by atoms with van der Waals surface area (Å²) < 4.78 is 24.0. The van der Waals surface area contributed by atoms with Crippen LogP contribution in [0, 0.1) is 6.92 Å². The number of unbranched alkanes of at least 4 members (excludes halogenated alkanes) is 1. The highest BCUT2D eigenvalue weighted by molar-refractivity contribution is 7.91. The van der Waals surface area contributed by atoms with E-state index in [9.17, 15) is 8.42 Å². The van der Waals surface area contributed by atoms with Crippen LogP contribution in [-0.4, -0.2) is 20.7 Å². The predicted octanol–water partition coefficient (Wildman–Crippen LogP) is 2.45. The van der Waals surface area contributed by atoms with Crippen molar-refractivity contribution in [3.05, 3.63) is 42.0 Å². The maximum absolute atomic E-state index is 12.0. The smallest absolute Gasteiger partial charge is 0.178 e. The lowest BCUT2D eigenvalue weighted by molar-refractivity contribution is 0.593. The number of sulfone groups is 1. The van der Waals surface area contributed by atoms with E-state index in [1.807, 2.05) is 31.2 Å². The number of aryl methyl sites for hydroxylation is 1. The summed E-state index contributed by atoms with van der Waals surface area (Å²) in [7, 11) is -3.13. The van der Waals surface area contributed by atoms with Crippen molar-refractivity contribution in [1.82, 2.24) is 0 Å². The molecule has 0 spiro atoms. The highest BCUT2D eigenvalue weighted by Crippen LogP contribution is 2.13. The summed E-state index contributed by atoms with van der Waals surface area (Å²) in [6.07, 6.45) is 6.28. The van der Waals surface area contributed by atoms with Gasteiger partial charge in [0.05, 0.1) is 10.6 Å². The zero-order valence-corrected chi connectivity index (χ0v) is 11.6. The number of allylic oxidation sites excluding steroid dienone is 1. The molecule has 18 heavy (non-hydrogen) atoms. The maximum atomic E-state index is 12.0. The normalized spacial score (nSPS) is 12.1. The summed E-state index contributed by atoms with van der Waals surface area (Å²) in [5.74, 6) is 0.197. The van der Waals surface area contributed by atoms with Gasteiger partial charge in [-0.1, -0.05) is 29.8 Å². The Labute approximate surface area is 110 Å². The predicted molar refractivity (Wildman–Crippen MR) is 75.3 cm³/mol. The zero-order valence-electron chi connectivity index (χ0n) is 10.8. The van der Waals surface area contributed by atoms with Crippen LogP contribution in [0.3, 0.4) is 0 Å². The van der Waals surface area contributed by atoms with Crippen LogP contribution < -0.4 is 5.73 Å². The minimum atomic E-state index is -3.13. The molecule has 0 aliphatic rings. The Kier molecular flexibility index (Phi) is 6.09. The first-order valence-corrected chi connectivity index (χ1v) is 7.86. The summed E-state index contributed by atoms with van der Waals surface area (Å²) in [5.41, 5.74) is 6.42. The number of hydrogen-bond acceptors (Lipinski definition) is 3. The Bertz CT molecular complexity index is 475. The molecule has 0 saturated carbocycles. The van der Waals surface area contributed by atoms with Crippen molar-refractivity contribution >= 4 is 9.84 Å². The molecule has 100 valence electrons. The van der Waals surface area contributed by atoms with Crippen LogP contribution in [0.1, 0.15) is 24.8 Å². The first kappa shape index (κ1) is 14.9. The summed E-state index contributed by atoms with van der Waals surface area (Å²) in [5, 5.41) is 0. The molecule has 3 nitrogen and oxygen atoms in total. The van der Waals surface area contributed by atoms with Crippen LogP contribution in [-0.2, 0) is 9.84 Å². The maximum Gasteiger partial charge on any atom is 0.178 e. The molecule has 0 unspecified atom stereocenters. The lowest BCUT2D eigenvalue weighted by atomic mass is 10.2. The first-order chi connectivity index (χ1) is 8.56. The molecule has 0 aliphatic carbocycles. The van der Waals surface area contributed by atoms with Crippen molar-refractivity contribution in [1.29, 1.82) is 0 Å². The van der Waals surface area contributed by atoms with E-state index < -0.39 is 9.84 Å². The van der Waals surface area contributed by atoms with Crippen LogP contribution in [0.5, 0.6) is 0 Å². The highest BCUT2D eigenvalue weighted by atomic mass is 32.2. The fraction of sp³-hybridized carbons (Fsp3) is 0.429. The number of rotatable bonds is 7. The molecular weight excluding hydrogens is 246 g/mol. The average Bonchev–Trinajstić information content (AvgIpc) is 2.34. The van der Waals surface area contributed by atoms with Crippen LogP contribution in [0.4, 0.5) is 0 Å². The lowest BCUT2D eigenvalue weighted by Crippen LogP contribution is -2.06. The summed E-state index contributed by atoms with van der Waals surface area (Å²) in [6.45, 7) is 2.58. The topological polar surface area (TPSA) is 60.2 Å². The fourth-order valence-corrected chi connectivity index (χ4v) is 2.92. The number of benzene rings is 1. The second-order valence-corrected chi connectivity index (χ2v) is 6.43. The van der Waals surface area contributed by atoms with Crippen molar-refractivity contribution in [3.63, 3.8) is 0 Å². The van der Waals surface area contributed by atoms with Gasteiger partial charge in [0.25, 0.3) is 0 Å². The molecule has 0 aliphatic heterocycles. The molecule has 1 aromatic carbocycles. The van der Waals surface area contributed by atoms with Gasteiger partial charge in [-0.05, 0) is 44.9 Å². The van der Waals surface area contributed by atoms with E-state index in [-0.39, 0.29) is 5.75 Å². The Morgan fingerprint density at radius 1 is 1.11 bits per heavy atom. The fourth-order valence-electron chi connectivity index (χ4n) is 1.59. The van der Waals surface area contributed by atoms with Gasteiger partial charge in [-0.25, -0.2) is 8.42 Å². The third-order valence-electron chi connectivity index (χ3n) is 2.66. The molecule has 0 heterocycles. The van der Waals surface area contributed by atoms with Crippen molar-refractivity contribution < 1.29 is 8.42 Å². The first-order valence-electron chi connectivity index (χ1n) is 6.21. The summed E-state index contributed by atoms with van der Waals surface area (Å²) in [4.78, 5) is 0.416. The van der Waals surface area contributed by atoms with Gasteiger partial charge < -0.3 is 5.73 Å². The molecule has 1 rings (SSSR count). The molecule has 4 heteroatoms. The zero-order chi connectivity index (χ0) is 13.4. The van der Waals surface area contributed by atoms with E-state index in [4.69, 9.17) is 5.73 Å². The number of hydrogen-bond donors (Lipinski definition) is 1. The van der Waals surface area contributed by atoms with Crippen molar-refractivity contribution in [2.75, 3.05) is 12.3 Å². The second-order valence-electron chi connectivity index (χ2n) is 4.32. The quantitative estimate of drug-likeness (QED) is 0.610. The van der Waals surface area contributed by atoms with Crippen molar-refractivity contribution in [3.8, 4) is 0 Å². The van der Waals surface area contributed by atoms with Gasteiger partial charge in [-0.2, -0.15) is 0 Å². The molecule has 2 N–H and O–H groups in total. The Hall–Kier alpha value is -1.13. The summed E-state index contributed by atoms with van der Waals surface area (Å²) >= 11 is 0.